The predicted octanol–water partition coefficient (Wildman–Crippen LogP) is 3.32. The number of aliphatic hydroxyl groups excluding tert-OH is 1. The summed E-state index contributed by atoms with van der Waals surface area (Å²) in [4.78, 5) is 6.94. The van der Waals surface area contributed by atoms with Crippen LogP contribution in [0.2, 0.25) is 0 Å². The van der Waals surface area contributed by atoms with Crippen molar-refractivity contribution in [1.82, 2.24) is 9.88 Å². The highest BCUT2D eigenvalue weighted by Crippen LogP contribution is 2.24. The summed E-state index contributed by atoms with van der Waals surface area (Å²) < 4.78 is 0. The fraction of sp³-hybridized carbons (Fsp3) is 0.438. The molecule has 4 heteroatoms. The first-order valence-electron chi connectivity index (χ1n) is 6.96. The molecule has 1 aromatic carbocycles. The van der Waals surface area contributed by atoms with E-state index < -0.39 is 0 Å². The standard InChI is InChI=1S/C16H22N2OS/c1-12(2)18(8-9-19)10-15-11-20-16(17-15)14-6-4-13(3)5-7-14/h4-7,11-12,19H,8-10H2,1-3H3. The van der Waals surface area contributed by atoms with Gasteiger partial charge in [0.1, 0.15) is 5.01 Å². The number of rotatable bonds is 6. The van der Waals surface area contributed by atoms with Gasteiger partial charge in [0.15, 0.2) is 0 Å². The lowest BCUT2D eigenvalue weighted by atomic mass is 10.2. The smallest absolute Gasteiger partial charge is 0.123 e. The third-order valence-corrected chi connectivity index (χ3v) is 4.27. The average molecular weight is 290 g/mol. The van der Waals surface area contributed by atoms with Crippen molar-refractivity contribution in [2.45, 2.75) is 33.4 Å². The van der Waals surface area contributed by atoms with Crippen LogP contribution in [0.1, 0.15) is 25.1 Å². The van der Waals surface area contributed by atoms with Gasteiger partial charge in [-0.05, 0) is 20.8 Å². The molecule has 0 atom stereocenters. The Morgan fingerprint density at radius 1 is 1.25 bits per heavy atom. The van der Waals surface area contributed by atoms with Gasteiger partial charge in [0.25, 0.3) is 0 Å². The van der Waals surface area contributed by atoms with E-state index in [4.69, 9.17) is 10.1 Å². The van der Waals surface area contributed by atoms with Gasteiger partial charge in [-0.3, -0.25) is 4.90 Å². The molecule has 108 valence electrons. The van der Waals surface area contributed by atoms with Crippen molar-refractivity contribution in [3.8, 4) is 10.6 Å². The number of hydrogen-bond acceptors (Lipinski definition) is 4. The molecule has 2 rings (SSSR count). The Kier molecular flexibility index (Phi) is 5.29. The van der Waals surface area contributed by atoms with Crippen LogP contribution < -0.4 is 0 Å². The van der Waals surface area contributed by atoms with Crippen LogP contribution in [0.5, 0.6) is 0 Å². The van der Waals surface area contributed by atoms with Crippen LogP contribution in [0, 0.1) is 6.92 Å². The minimum absolute atomic E-state index is 0.188. The van der Waals surface area contributed by atoms with Crippen LogP contribution in [-0.4, -0.2) is 34.2 Å². The van der Waals surface area contributed by atoms with Crippen molar-refractivity contribution in [2.75, 3.05) is 13.2 Å². The SMILES string of the molecule is Cc1ccc(-c2nc(CN(CCO)C(C)C)cs2)cc1. The minimum atomic E-state index is 0.188. The van der Waals surface area contributed by atoms with Crippen molar-refractivity contribution in [1.29, 1.82) is 0 Å². The van der Waals surface area contributed by atoms with E-state index >= 15 is 0 Å². The molecule has 0 saturated heterocycles. The molecular weight excluding hydrogens is 268 g/mol. The van der Waals surface area contributed by atoms with Gasteiger partial charge in [-0.2, -0.15) is 0 Å². The second-order valence-electron chi connectivity index (χ2n) is 5.30. The van der Waals surface area contributed by atoms with Crippen LogP contribution in [0.25, 0.3) is 10.6 Å². The largest absolute Gasteiger partial charge is 0.395 e. The molecule has 0 radical (unpaired) electrons. The Labute approximate surface area is 124 Å². The lowest BCUT2D eigenvalue weighted by Gasteiger charge is -2.24. The second-order valence-corrected chi connectivity index (χ2v) is 6.16. The number of hydrogen-bond donors (Lipinski definition) is 1. The van der Waals surface area contributed by atoms with Gasteiger partial charge < -0.3 is 5.11 Å². The zero-order valence-corrected chi connectivity index (χ0v) is 13.2. The number of aliphatic hydroxyl groups is 1. The van der Waals surface area contributed by atoms with E-state index in [2.05, 4.69) is 55.3 Å². The molecule has 0 aliphatic rings. The third kappa shape index (κ3) is 3.88. The summed E-state index contributed by atoms with van der Waals surface area (Å²) in [6, 6.07) is 8.87. The Morgan fingerprint density at radius 3 is 2.55 bits per heavy atom. The first-order valence-corrected chi connectivity index (χ1v) is 7.84. The third-order valence-electron chi connectivity index (χ3n) is 3.33. The minimum Gasteiger partial charge on any atom is -0.395 e. The fourth-order valence-corrected chi connectivity index (χ4v) is 2.88. The van der Waals surface area contributed by atoms with Gasteiger partial charge >= 0.3 is 0 Å². The van der Waals surface area contributed by atoms with E-state index in [1.807, 2.05) is 0 Å². The van der Waals surface area contributed by atoms with Gasteiger partial charge in [-0.15, -0.1) is 11.3 Å². The van der Waals surface area contributed by atoms with E-state index in [0.29, 0.717) is 12.6 Å². The summed E-state index contributed by atoms with van der Waals surface area (Å²) in [5.74, 6) is 0. The number of benzene rings is 1. The Morgan fingerprint density at radius 2 is 1.95 bits per heavy atom. The summed E-state index contributed by atoms with van der Waals surface area (Å²) in [6.07, 6.45) is 0. The summed E-state index contributed by atoms with van der Waals surface area (Å²) in [7, 11) is 0. The quantitative estimate of drug-likeness (QED) is 0.886. The highest BCUT2D eigenvalue weighted by Gasteiger charge is 2.12. The number of nitrogens with zero attached hydrogens (tertiary/aromatic N) is 2. The maximum Gasteiger partial charge on any atom is 0.123 e. The highest BCUT2D eigenvalue weighted by atomic mass is 32.1. The van der Waals surface area contributed by atoms with Gasteiger partial charge in [-0.1, -0.05) is 29.8 Å². The molecule has 0 unspecified atom stereocenters. The van der Waals surface area contributed by atoms with E-state index in [1.54, 1.807) is 11.3 Å². The molecule has 20 heavy (non-hydrogen) atoms. The maximum atomic E-state index is 9.11. The number of thiazole rings is 1. The molecule has 3 nitrogen and oxygen atoms in total. The van der Waals surface area contributed by atoms with Gasteiger partial charge in [0.2, 0.25) is 0 Å². The van der Waals surface area contributed by atoms with E-state index in [-0.39, 0.29) is 6.61 Å². The van der Waals surface area contributed by atoms with Crippen LogP contribution in [0.4, 0.5) is 0 Å². The summed E-state index contributed by atoms with van der Waals surface area (Å²) in [6.45, 7) is 8.04. The molecular formula is C16H22N2OS. The maximum absolute atomic E-state index is 9.11. The molecule has 0 spiro atoms. The molecule has 2 aromatic rings. The molecule has 0 bridgehead atoms. The van der Waals surface area contributed by atoms with Crippen molar-refractivity contribution in [3.63, 3.8) is 0 Å². The van der Waals surface area contributed by atoms with E-state index in [1.165, 1.54) is 11.1 Å². The van der Waals surface area contributed by atoms with Gasteiger partial charge in [-0.25, -0.2) is 4.98 Å². The Hall–Kier alpha value is -1.23. The van der Waals surface area contributed by atoms with Crippen LogP contribution in [0.15, 0.2) is 29.6 Å². The van der Waals surface area contributed by atoms with E-state index in [0.717, 1.165) is 17.2 Å². The molecule has 0 aliphatic carbocycles. The zero-order chi connectivity index (χ0) is 14.5. The molecule has 0 amide bonds. The predicted molar refractivity (Wildman–Crippen MR) is 84.9 cm³/mol. The topological polar surface area (TPSA) is 36.4 Å². The van der Waals surface area contributed by atoms with Crippen molar-refractivity contribution < 1.29 is 5.11 Å². The molecule has 0 aliphatic heterocycles. The lowest BCUT2D eigenvalue weighted by molar-refractivity contribution is 0.158. The second kappa shape index (κ2) is 6.97. The monoisotopic (exact) mass is 290 g/mol. The van der Waals surface area contributed by atoms with Gasteiger partial charge in [0.05, 0.1) is 12.3 Å². The molecule has 0 fully saturated rings. The van der Waals surface area contributed by atoms with Crippen LogP contribution in [0.3, 0.4) is 0 Å². The van der Waals surface area contributed by atoms with Crippen LogP contribution in [-0.2, 0) is 6.54 Å². The lowest BCUT2D eigenvalue weighted by Crippen LogP contribution is -2.32. The van der Waals surface area contributed by atoms with Crippen molar-refractivity contribution >= 4 is 11.3 Å². The normalized spacial score (nSPS) is 11.5. The Bertz CT molecular complexity index is 534. The van der Waals surface area contributed by atoms with Crippen molar-refractivity contribution in [3.05, 3.63) is 40.9 Å². The Balaban J connectivity index is 2.10. The zero-order valence-electron chi connectivity index (χ0n) is 12.3. The van der Waals surface area contributed by atoms with Gasteiger partial charge in [0, 0.05) is 30.1 Å². The first-order chi connectivity index (χ1) is 9.60. The number of aryl methyl sites for hydroxylation is 1. The highest BCUT2D eigenvalue weighted by molar-refractivity contribution is 7.13. The molecule has 1 heterocycles. The molecule has 1 N–H and O–H groups in total. The summed E-state index contributed by atoms with van der Waals surface area (Å²) in [5.41, 5.74) is 3.51. The number of aromatic nitrogens is 1. The van der Waals surface area contributed by atoms with E-state index in [9.17, 15) is 0 Å². The van der Waals surface area contributed by atoms with Crippen molar-refractivity contribution in [2.24, 2.45) is 0 Å². The summed E-state index contributed by atoms with van der Waals surface area (Å²) in [5, 5.41) is 12.3. The molecule has 1 aromatic heterocycles. The van der Waals surface area contributed by atoms with Crippen LogP contribution >= 0.6 is 11.3 Å². The first kappa shape index (κ1) is 15.2. The summed E-state index contributed by atoms with van der Waals surface area (Å²) >= 11 is 1.68. The molecule has 0 saturated carbocycles. The fourth-order valence-electron chi connectivity index (χ4n) is 2.06. The average Bonchev–Trinajstić information content (AvgIpc) is 2.87.